The lowest BCUT2D eigenvalue weighted by molar-refractivity contribution is -0.119. The summed E-state index contributed by atoms with van der Waals surface area (Å²) in [4.78, 5) is 23.7. The third-order valence-corrected chi connectivity index (χ3v) is 4.10. The summed E-state index contributed by atoms with van der Waals surface area (Å²) in [5, 5.41) is 8.35. The van der Waals surface area contributed by atoms with E-state index in [0.717, 1.165) is 5.56 Å². The highest BCUT2D eigenvalue weighted by molar-refractivity contribution is 7.80. The Labute approximate surface area is 175 Å². The van der Waals surface area contributed by atoms with E-state index in [1.165, 1.54) is 0 Å². The first-order valence-electron chi connectivity index (χ1n) is 9.24. The maximum absolute atomic E-state index is 12.3. The summed E-state index contributed by atoms with van der Waals surface area (Å²) in [5.74, 6) is 0.289. The summed E-state index contributed by atoms with van der Waals surface area (Å²) in [6.45, 7) is 3.55. The second kappa shape index (κ2) is 11.8. The third-order valence-electron chi connectivity index (χ3n) is 3.90. The van der Waals surface area contributed by atoms with Gasteiger partial charge < -0.3 is 20.1 Å². The van der Waals surface area contributed by atoms with E-state index in [0.29, 0.717) is 43.2 Å². The maximum Gasteiger partial charge on any atom is 0.257 e. The molecule has 0 saturated heterocycles. The van der Waals surface area contributed by atoms with Crippen molar-refractivity contribution in [3.8, 4) is 5.75 Å². The monoisotopic (exact) mass is 415 g/mol. The minimum Gasteiger partial charge on any atom is -0.491 e. The molecule has 154 valence electrons. The number of thiocarbonyl (C=S) groups is 1. The molecule has 0 unspecified atom stereocenters. The number of hydrogen-bond acceptors (Lipinski definition) is 5. The number of hydrogen-bond donors (Lipinski definition) is 3. The van der Waals surface area contributed by atoms with Crippen molar-refractivity contribution >= 4 is 34.8 Å². The number of carbonyl (C=O) groups excluding carboxylic acids is 2. The van der Waals surface area contributed by atoms with Gasteiger partial charge in [-0.05, 0) is 61.1 Å². The largest absolute Gasteiger partial charge is 0.491 e. The van der Waals surface area contributed by atoms with Gasteiger partial charge in [-0.25, -0.2) is 0 Å². The van der Waals surface area contributed by atoms with Crippen molar-refractivity contribution in [2.45, 2.75) is 13.3 Å². The Hall–Kier alpha value is -2.97. The molecule has 0 atom stereocenters. The fraction of sp³-hybridized carbons (Fsp3) is 0.286. The van der Waals surface area contributed by atoms with Crippen molar-refractivity contribution in [3.63, 3.8) is 0 Å². The Morgan fingerprint density at radius 1 is 1.00 bits per heavy atom. The van der Waals surface area contributed by atoms with Crippen LogP contribution in [-0.4, -0.2) is 43.8 Å². The van der Waals surface area contributed by atoms with Crippen molar-refractivity contribution < 1.29 is 19.1 Å². The van der Waals surface area contributed by atoms with Gasteiger partial charge in [-0.2, -0.15) is 0 Å². The lowest BCUT2D eigenvalue weighted by Gasteiger charge is -2.11. The quantitative estimate of drug-likeness (QED) is 0.431. The summed E-state index contributed by atoms with van der Waals surface area (Å²) < 4.78 is 10.7. The van der Waals surface area contributed by atoms with E-state index in [-0.39, 0.29) is 16.9 Å². The smallest absolute Gasteiger partial charge is 0.257 e. The number of ether oxygens (including phenoxy) is 2. The Kier molecular flexibility index (Phi) is 9.07. The molecule has 0 fully saturated rings. The van der Waals surface area contributed by atoms with Crippen molar-refractivity contribution in [1.29, 1.82) is 0 Å². The molecule has 7 nitrogen and oxygen atoms in total. The van der Waals surface area contributed by atoms with Crippen LogP contribution in [0.3, 0.4) is 0 Å². The predicted octanol–water partition coefficient (Wildman–Crippen LogP) is 2.52. The Morgan fingerprint density at radius 2 is 1.69 bits per heavy atom. The maximum atomic E-state index is 12.3. The summed E-state index contributed by atoms with van der Waals surface area (Å²) >= 11 is 5.20. The van der Waals surface area contributed by atoms with Crippen LogP contribution in [0.5, 0.6) is 5.75 Å². The molecule has 0 spiro atoms. The van der Waals surface area contributed by atoms with Crippen LogP contribution in [0.15, 0.2) is 48.5 Å². The normalized spacial score (nSPS) is 10.1. The molecule has 0 bridgehead atoms. The average Bonchev–Trinajstić information content (AvgIpc) is 2.73. The number of anilines is 1. The Bertz CT molecular complexity index is 823. The molecule has 0 aliphatic carbocycles. The standard InChI is InChI=1S/C21H25N3O4S/c1-3-27-12-13-28-18-10-6-16(7-11-18)20(26)24-21(29)23-17-8-4-15(5-9-17)14-19(25)22-2/h4-11H,3,12-14H2,1-2H3,(H,22,25)(H2,23,24,26,29). The molecule has 2 aromatic carbocycles. The Morgan fingerprint density at radius 3 is 2.31 bits per heavy atom. The molecule has 0 saturated carbocycles. The number of likely N-dealkylation sites (N-methyl/N-ethyl adjacent to an activating group) is 1. The van der Waals surface area contributed by atoms with Gasteiger partial charge >= 0.3 is 0 Å². The van der Waals surface area contributed by atoms with Crippen LogP contribution in [0.25, 0.3) is 0 Å². The van der Waals surface area contributed by atoms with Gasteiger partial charge in [-0.15, -0.1) is 0 Å². The fourth-order valence-electron chi connectivity index (χ4n) is 2.38. The van der Waals surface area contributed by atoms with Gasteiger partial charge in [0.25, 0.3) is 5.91 Å². The fourth-order valence-corrected chi connectivity index (χ4v) is 2.59. The van der Waals surface area contributed by atoms with Crippen LogP contribution < -0.4 is 20.7 Å². The summed E-state index contributed by atoms with van der Waals surface area (Å²) in [6, 6.07) is 14.0. The number of amides is 2. The number of carbonyl (C=O) groups is 2. The first kappa shape index (κ1) is 22.3. The van der Waals surface area contributed by atoms with Gasteiger partial charge in [0, 0.05) is 24.9 Å². The van der Waals surface area contributed by atoms with E-state index in [4.69, 9.17) is 21.7 Å². The highest BCUT2D eigenvalue weighted by Crippen LogP contribution is 2.13. The minimum atomic E-state index is -0.320. The van der Waals surface area contributed by atoms with Gasteiger partial charge in [-0.1, -0.05) is 12.1 Å². The molecule has 2 aromatic rings. The van der Waals surface area contributed by atoms with E-state index in [1.807, 2.05) is 19.1 Å². The van der Waals surface area contributed by atoms with Crippen molar-refractivity contribution in [1.82, 2.24) is 10.6 Å². The van der Waals surface area contributed by atoms with E-state index < -0.39 is 0 Å². The molecule has 2 rings (SSSR count). The van der Waals surface area contributed by atoms with Gasteiger partial charge in [0.1, 0.15) is 12.4 Å². The van der Waals surface area contributed by atoms with Gasteiger partial charge in [-0.3, -0.25) is 14.9 Å². The molecule has 29 heavy (non-hydrogen) atoms. The Balaban J connectivity index is 1.82. The molecule has 2 amide bonds. The molecule has 3 N–H and O–H groups in total. The van der Waals surface area contributed by atoms with Crippen LogP contribution in [0.4, 0.5) is 5.69 Å². The minimum absolute atomic E-state index is 0.0563. The molecule has 0 aliphatic heterocycles. The van der Waals surface area contributed by atoms with E-state index >= 15 is 0 Å². The van der Waals surface area contributed by atoms with E-state index in [1.54, 1.807) is 43.4 Å². The topological polar surface area (TPSA) is 88.7 Å². The molecule has 0 aliphatic rings. The highest BCUT2D eigenvalue weighted by atomic mass is 32.1. The van der Waals surface area contributed by atoms with Crippen LogP contribution >= 0.6 is 12.2 Å². The number of nitrogens with one attached hydrogen (secondary N) is 3. The molecule has 0 aromatic heterocycles. The first-order valence-corrected chi connectivity index (χ1v) is 9.65. The highest BCUT2D eigenvalue weighted by Gasteiger charge is 2.09. The van der Waals surface area contributed by atoms with Crippen molar-refractivity contribution in [3.05, 3.63) is 59.7 Å². The van der Waals surface area contributed by atoms with Gasteiger partial charge in [0.05, 0.1) is 13.0 Å². The predicted molar refractivity (Wildman–Crippen MR) is 116 cm³/mol. The van der Waals surface area contributed by atoms with Crippen molar-refractivity contribution in [2.75, 3.05) is 32.2 Å². The van der Waals surface area contributed by atoms with Gasteiger partial charge in [0.15, 0.2) is 5.11 Å². The van der Waals surface area contributed by atoms with Crippen LogP contribution in [0, 0.1) is 0 Å². The van der Waals surface area contributed by atoms with E-state index in [2.05, 4.69) is 16.0 Å². The molecule has 0 heterocycles. The zero-order chi connectivity index (χ0) is 21.1. The third kappa shape index (κ3) is 7.89. The average molecular weight is 416 g/mol. The second-order valence-corrected chi connectivity index (χ2v) is 6.43. The lowest BCUT2D eigenvalue weighted by Crippen LogP contribution is -2.34. The first-order chi connectivity index (χ1) is 14.0. The lowest BCUT2D eigenvalue weighted by atomic mass is 10.1. The SMILES string of the molecule is CCOCCOc1ccc(C(=O)NC(=S)Nc2ccc(CC(=O)NC)cc2)cc1. The van der Waals surface area contributed by atoms with Crippen LogP contribution in [-0.2, 0) is 16.0 Å². The zero-order valence-electron chi connectivity index (χ0n) is 16.5. The van der Waals surface area contributed by atoms with Gasteiger partial charge in [0.2, 0.25) is 5.91 Å². The summed E-state index contributed by atoms with van der Waals surface area (Å²) in [6.07, 6.45) is 0.309. The van der Waals surface area contributed by atoms with Crippen LogP contribution in [0.1, 0.15) is 22.8 Å². The van der Waals surface area contributed by atoms with Crippen LogP contribution in [0.2, 0.25) is 0 Å². The van der Waals surface area contributed by atoms with E-state index in [9.17, 15) is 9.59 Å². The second-order valence-electron chi connectivity index (χ2n) is 6.02. The zero-order valence-corrected chi connectivity index (χ0v) is 17.3. The summed E-state index contributed by atoms with van der Waals surface area (Å²) in [7, 11) is 1.60. The molecule has 8 heteroatoms. The number of rotatable bonds is 9. The van der Waals surface area contributed by atoms with Crippen molar-refractivity contribution in [2.24, 2.45) is 0 Å². The molecular weight excluding hydrogens is 390 g/mol. The molecular formula is C21H25N3O4S. The molecule has 0 radical (unpaired) electrons. The summed E-state index contributed by atoms with van der Waals surface area (Å²) in [5.41, 5.74) is 2.06. The number of benzene rings is 2.